The van der Waals surface area contributed by atoms with Crippen LogP contribution in [0.3, 0.4) is 0 Å². The standard InChI is InChI=1S/C4H5B5/c1-2-3(5,6)4(7,8)9/h2H2,1H3. The van der Waals surface area contributed by atoms with Gasteiger partial charge in [-0.2, -0.15) is 0 Å². The summed E-state index contributed by atoms with van der Waals surface area (Å²) in [5, 5.41) is -2.69. The van der Waals surface area contributed by atoms with Crippen molar-refractivity contribution < 1.29 is 0 Å². The first-order valence-electron chi connectivity index (χ1n) is 2.75. The van der Waals surface area contributed by atoms with Crippen LogP contribution in [-0.2, 0) is 0 Å². The first-order valence-corrected chi connectivity index (χ1v) is 2.75. The van der Waals surface area contributed by atoms with Crippen LogP contribution < -0.4 is 0 Å². The lowest BCUT2D eigenvalue weighted by Crippen LogP contribution is -2.32. The fraction of sp³-hybridized carbons (Fsp3) is 1.00. The van der Waals surface area contributed by atoms with E-state index in [0.717, 1.165) is 0 Å². The predicted octanol–water partition coefficient (Wildman–Crippen LogP) is -0.571. The van der Waals surface area contributed by atoms with Gasteiger partial charge in [-0.15, -0.1) is 10.3 Å². The lowest BCUT2D eigenvalue weighted by molar-refractivity contribution is 0.733. The quantitative estimate of drug-likeness (QED) is 0.414. The normalized spacial score (nSPS) is 13.4. The number of hydrogen-bond acceptors (Lipinski definition) is 0. The van der Waals surface area contributed by atoms with E-state index in [1.54, 1.807) is 6.92 Å². The second-order valence-corrected chi connectivity index (χ2v) is 2.33. The van der Waals surface area contributed by atoms with E-state index in [1.807, 2.05) is 0 Å². The number of hydrogen-bond donors (Lipinski definition) is 0. The minimum atomic E-state index is -1.50. The van der Waals surface area contributed by atoms with Crippen LogP contribution in [0.2, 0.25) is 10.3 Å². The van der Waals surface area contributed by atoms with Gasteiger partial charge in [0.25, 0.3) is 0 Å². The largest absolute Gasteiger partial charge is 0.140 e. The highest BCUT2D eigenvalue weighted by atomic mass is 14.1. The fourth-order valence-electron chi connectivity index (χ4n) is 0.306. The van der Waals surface area contributed by atoms with E-state index < -0.39 is 10.3 Å². The van der Waals surface area contributed by atoms with Crippen molar-refractivity contribution >= 4 is 39.2 Å². The van der Waals surface area contributed by atoms with Gasteiger partial charge >= 0.3 is 0 Å². The molecule has 0 aliphatic rings. The van der Waals surface area contributed by atoms with Gasteiger partial charge in [0, 0.05) is 23.5 Å². The van der Waals surface area contributed by atoms with Crippen molar-refractivity contribution in [1.29, 1.82) is 0 Å². The summed E-state index contributed by atoms with van der Waals surface area (Å²) in [5.74, 6) is 0. The molecular formula is C4H5B5. The van der Waals surface area contributed by atoms with Crippen LogP contribution in [-0.4, -0.2) is 39.2 Å². The lowest BCUT2D eigenvalue weighted by atomic mass is 9.23. The molecule has 0 bridgehead atoms. The van der Waals surface area contributed by atoms with Crippen molar-refractivity contribution in [2.24, 2.45) is 0 Å². The van der Waals surface area contributed by atoms with Crippen LogP contribution in [0.5, 0.6) is 0 Å². The van der Waals surface area contributed by atoms with Gasteiger partial charge in [0.1, 0.15) is 0 Å². The Balaban J connectivity index is 4.14. The molecular weight excluding hydrogens is 102 g/mol. The highest BCUT2D eigenvalue weighted by Crippen LogP contribution is 2.40. The van der Waals surface area contributed by atoms with E-state index in [-0.39, 0.29) is 0 Å². The van der Waals surface area contributed by atoms with E-state index in [0.29, 0.717) is 6.42 Å². The van der Waals surface area contributed by atoms with Crippen LogP contribution in [0, 0.1) is 0 Å². The molecule has 0 atom stereocenters. The third-order valence-corrected chi connectivity index (χ3v) is 1.39. The fourth-order valence-corrected chi connectivity index (χ4v) is 0.306. The van der Waals surface area contributed by atoms with Gasteiger partial charge in [-0.1, -0.05) is 13.3 Å². The van der Waals surface area contributed by atoms with Crippen molar-refractivity contribution in [3.05, 3.63) is 0 Å². The summed E-state index contributed by atoms with van der Waals surface area (Å²) < 4.78 is 0. The van der Waals surface area contributed by atoms with Gasteiger partial charge in [-0.05, 0) is 0 Å². The minimum Gasteiger partial charge on any atom is -0.140 e. The first kappa shape index (κ1) is 9.32. The van der Waals surface area contributed by atoms with Gasteiger partial charge in [-0.25, -0.2) is 0 Å². The maximum atomic E-state index is 5.40. The molecule has 36 valence electrons. The van der Waals surface area contributed by atoms with Gasteiger partial charge in [0.05, 0.1) is 15.7 Å². The Hall–Kier alpha value is 0.325. The molecule has 0 aromatic heterocycles. The van der Waals surface area contributed by atoms with Crippen LogP contribution >= 0.6 is 0 Å². The Bertz CT molecular complexity index is 91.6. The maximum absolute atomic E-state index is 5.40. The maximum Gasteiger partial charge on any atom is 0.0599 e. The van der Waals surface area contributed by atoms with Crippen LogP contribution in [0.1, 0.15) is 13.3 Å². The average molecular weight is 107 g/mol. The lowest BCUT2D eigenvalue weighted by Gasteiger charge is -2.40. The molecule has 0 unspecified atom stereocenters. The SMILES string of the molecule is [B]C([B])([B])C([B])([B])CC. The summed E-state index contributed by atoms with van der Waals surface area (Å²) >= 11 is 0. The molecule has 10 radical (unpaired) electrons. The molecule has 0 rings (SSSR count). The van der Waals surface area contributed by atoms with E-state index in [4.69, 9.17) is 39.2 Å². The van der Waals surface area contributed by atoms with Gasteiger partial charge in [0.2, 0.25) is 0 Å². The summed E-state index contributed by atoms with van der Waals surface area (Å²) in [6.07, 6.45) is 0.441. The molecule has 0 nitrogen and oxygen atoms in total. The molecule has 0 saturated heterocycles. The Morgan fingerprint density at radius 2 is 1.33 bits per heavy atom. The van der Waals surface area contributed by atoms with Gasteiger partial charge < -0.3 is 0 Å². The van der Waals surface area contributed by atoms with Crippen molar-refractivity contribution in [3.8, 4) is 0 Å². The van der Waals surface area contributed by atoms with Gasteiger partial charge in [-0.3, -0.25) is 0 Å². The van der Waals surface area contributed by atoms with Crippen LogP contribution in [0.25, 0.3) is 0 Å². The van der Waals surface area contributed by atoms with E-state index >= 15 is 0 Å². The summed E-state index contributed by atoms with van der Waals surface area (Å²) in [4.78, 5) is 0. The van der Waals surface area contributed by atoms with Crippen molar-refractivity contribution in [1.82, 2.24) is 0 Å². The van der Waals surface area contributed by atoms with Crippen LogP contribution in [0.4, 0.5) is 0 Å². The zero-order valence-corrected chi connectivity index (χ0v) is 5.59. The molecule has 0 aromatic rings. The predicted molar refractivity (Wildman–Crippen MR) is 44.4 cm³/mol. The molecule has 0 heterocycles. The zero-order chi connectivity index (χ0) is 7.71. The zero-order valence-electron chi connectivity index (χ0n) is 5.59. The van der Waals surface area contributed by atoms with Gasteiger partial charge in [0.15, 0.2) is 0 Å². The summed E-state index contributed by atoms with van der Waals surface area (Å²) in [6, 6.07) is 0. The first-order chi connectivity index (χ1) is 3.81. The molecule has 0 saturated carbocycles. The summed E-state index contributed by atoms with van der Waals surface area (Å²) in [6.45, 7) is 1.77. The smallest absolute Gasteiger partial charge is 0.0599 e. The van der Waals surface area contributed by atoms with Crippen LogP contribution in [0.15, 0.2) is 0 Å². The molecule has 0 fully saturated rings. The number of rotatable bonds is 2. The highest BCUT2D eigenvalue weighted by Gasteiger charge is 2.27. The van der Waals surface area contributed by atoms with Crippen molar-refractivity contribution in [3.63, 3.8) is 0 Å². The third-order valence-electron chi connectivity index (χ3n) is 1.39. The average Bonchev–Trinajstić information content (AvgIpc) is 1.64. The molecule has 0 amide bonds. The second kappa shape index (κ2) is 2.52. The highest BCUT2D eigenvalue weighted by molar-refractivity contribution is 6.67. The molecule has 0 N–H and O–H groups in total. The van der Waals surface area contributed by atoms with Crippen molar-refractivity contribution in [2.45, 2.75) is 23.7 Å². The second-order valence-electron chi connectivity index (χ2n) is 2.33. The summed E-state index contributed by atoms with van der Waals surface area (Å²) in [5.41, 5.74) is 0. The van der Waals surface area contributed by atoms with E-state index in [9.17, 15) is 0 Å². The summed E-state index contributed by atoms with van der Waals surface area (Å²) in [7, 11) is 26.5. The Labute approximate surface area is 63.6 Å². The minimum absolute atomic E-state index is 0.441. The Morgan fingerprint density at radius 1 is 1.00 bits per heavy atom. The molecule has 9 heavy (non-hydrogen) atoms. The molecule has 0 aromatic carbocycles. The third kappa shape index (κ3) is 2.19. The monoisotopic (exact) mass is 108 g/mol. The molecule has 0 aliphatic carbocycles. The molecule has 0 spiro atoms. The Kier molecular flexibility index (Phi) is 2.61. The van der Waals surface area contributed by atoms with Crippen molar-refractivity contribution in [2.75, 3.05) is 0 Å². The topological polar surface area (TPSA) is 0 Å². The van der Waals surface area contributed by atoms with E-state index in [1.165, 1.54) is 0 Å². The van der Waals surface area contributed by atoms with E-state index in [2.05, 4.69) is 0 Å². The molecule has 0 aliphatic heterocycles. The Morgan fingerprint density at radius 3 is 1.33 bits per heavy atom. The molecule has 5 heteroatoms.